The zero-order chi connectivity index (χ0) is 13.3. The fraction of sp³-hybridized carbons (Fsp3) is 0.182. The summed E-state index contributed by atoms with van der Waals surface area (Å²) in [5, 5.41) is 0. The predicted molar refractivity (Wildman–Crippen MR) is 54.1 cm³/mol. The summed E-state index contributed by atoms with van der Waals surface area (Å²) >= 11 is -4.29. The van der Waals surface area contributed by atoms with Crippen LogP contribution in [0.2, 0.25) is 0 Å². The van der Waals surface area contributed by atoms with E-state index in [4.69, 9.17) is 9.20 Å². The van der Waals surface area contributed by atoms with E-state index >= 15 is 0 Å². The van der Waals surface area contributed by atoms with Crippen LogP contribution in [0.4, 0.5) is 0 Å². The molecule has 0 aromatic heterocycles. The van der Waals surface area contributed by atoms with E-state index in [1.807, 2.05) is 0 Å². The minimum absolute atomic E-state index is 0.274. The Morgan fingerprint density at radius 1 is 1.11 bits per heavy atom. The molecule has 1 aromatic carbocycles. The van der Waals surface area contributed by atoms with Crippen LogP contribution in [-0.4, -0.2) is 17.9 Å². The Hall–Kier alpha value is -1.64. The van der Waals surface area contributed by atoms with Crippen molar-refractivity contribution in [3.05, 3.63) is 33.4 Å². The normalized spacial score (nSPS) is 17.3. The number of rotatable bonds is 2. The van der Waals surface area contributed by atoms with Crippen LogP contribution in [0.15, 0.2) is 24.3 Å². The molecular formula is C11H10IO6+. The summed E-state index contributed by atoms with van der Waals surface area (Å²) in [6.07, 6.45) is 0. The zero-order valence-electron chi connectivity index (χ0n) is 9.64. The van der Waals surface area contributed by atoms with E-state index < -0.39 is 37.6 Å². The zero-order valence-corrected chi connectivity index (χ0v) is 11.8. The topological polar surface area (TPSA) is 78.9 Å². The van der Waals surface area contributed by atoms with Crippen molar-refractivity contribution in [2.45, 2.75) is 13.8 Å². The number of carbonyl (C=O) groups excluding carboxylic acids is 3. The molecule has 1 aliphatic heterocycles. The van der Waals surface area contributed by atoms with Gasteiger partial charge >= 0.3 is 108 Å². The van der Waals surface area contributed by atoms with E-state index in [1.54, 1.807) is 18.2 Å². The average molecular weight is 365 g/mol. The van der Waals surface area contributed by atoms with Crippen LogP contribution in [0.5, 0.6) is 0 Å². The molecule has 0 saturated heterocycles. The van der Waals surface area contributed by atoms with Gasteiger partial charge in [0, 0.05) is 0 Å². The van der Waals surface area contributed by atoms with E-state index in [9.17, 15) is 14.4 Å². The number of hydrogen-bond donors (Lipinski definition) is 0. The summed E-state index contributed by atoms with van der Waals surface area (Å²) in [7, 11) is 0. The van der Waals surface area contributed by atoms with Gasteiger partial charge in [-0.2, -0.15) is 0 Å². The van der Waals surface area contributed by atoms with E-state index in [0.29, 0.717) is 3.57 Å². The standard InChI is InChI=1S/C11H10IO6/c1-7(13)16-12(17-8(2)14)10-6-4-3-5-9(10)11(15)18-12/h3-6H,1-2H3/q+1. The Kier molecular flexibility index (Phi) is 3.24. The molecule has 0 spiro atoms. The SMILES string of the molecule is CC(=O)O[I+]1(OC(C)=O)OC(=O)c2ccccc21. The Labute approximate surface area is 108 Å². The number of benzene rings is 1. The Bertz CT molecular complexity index is 517. The van der Waals surface area contributed by atoms with Gasteiger partial charge < -0.3 is 0 Å². The third kappa shape index (κ3) is 2.17. The van der Waals surface area contributed by atoms with Crippen molar-refractivity contribution in [1.82, 2.24) is 0 Å². The van der Waals surface area contributed by atoms with Gasteiger partial charge in [0.25, 0.3) is 0 Å². The summed E-state index contributed by atoms with van der Waals surface area (Å²) in [6.45, 7) is 2.34. The fourth-order valence-corrected chi connectivity index (χ4v) is 6.56. The van der Waals surface area contributed by atoms with Crippen molar-refractivity contribution < 1.29 is 43.3 Å². The van der Waals surface area contributed by atoms with Crippen molar-refractivity contribution in [2.75, 3.05) is 0 Å². The average Bonchev–Trinajstić information content (AvgIpc) is 2.51. The molecule has 0 radical (unpaired) electrons. The Morgan fingerprint density at radius 3 is 2.22 bits per heavy atom. The van der Waals surface area contributed by atoms with Gasteiger partial charge in [0.1, 0.15) is 0 Å². The first-order valence-electron chi connectivity index (χ1n) is 4.95. The number of fused-ring (bicyclic) bond motifs is 1. The van der Waals surface area contributed by atoms with Gasteiger partial charge in [0.2, 0.25) is 0 Å². The van der Waals surface area contributed by atoms with Crippen molar-refractivity contribution in [2.24, 2.45) is 0 Å². The molecule has 0 atom stereocenters. The van der Waals surface area contributed by atoms with Crippen molar-refractivity contribution in [3.8, 4) is 0 Å². The molecular weight excluding hydrogens is 355 g/mol. The molecule has 18 heavy (non-hydrogen) atoms. The predicted octanol–water partition coefficient (Wildman–Crippen LogP) is -1.94. The maximum absolute atomic E-state index is 11.7. The molecule has 0 amide bonds. The number of carbonyl (C=O) groups is 3. The van der Waals surface area contributed by atoms with Crippen LogP contribution in [0, 0.1) is 3.57 Å². The summed E-state index contributed by atoms with van der Waals surface area (Å²) in [6, 6.07) is 6.42. The molecule has 0 bridgehead atoms. The van der Waals surface area contributed by atoms with Crippen molar-refractivity contribution in [3.63, 3.8) is 0 Å². The molecule has 1 heterocycles. The van der Waals surface area contributed by atoms with Gasteiger partial charge in [-0.25, -0.2) is 0 Å². The first-order chi connectivity index (χ1) is 8.44. The van der Waals surface area contributed by atoms with Gasteiger partial charge in [-0.15, -0.1) is 0 Å². The second-order valence-electron chi connectivity index (χ2n) is 3.40. The molecule has 1 aliphatic rings. The molecule has 6 nitrogen and oxygen atoms in total. The van der Waals surface area contributed by atoms with Crippen molar-refractivity contribution >= 4 is 17.9 Å². The van der Waals surface area contributed by atoms with Crippen LogP contribution in [-0.2, 0) is 18.8 Å². The molecule has 0 unspecified atom stereocenters. The van der Waals surface area contributed by atoms with Crippen LogP contribution in [0.1, 0.15) is 24.2 Å². The van der Waals surface area contributed by atoms with Crippen molar-refractivity contribution in [1.29, 1.82) is 0 Å². The van der Waals surface area contributed by atoms with E-state index in [0.717, 1.165) is 0 Å². The van der Waals surface area contributed by atoms with Gasteiger partial charge in [0.15, 0.2) is 0 Å². The first kappa shape index (κ1) is 12.8. The van der Waals surface area contributed by atoms with E-state index in [1.165, 1.54) is 19.9 Å². The van der Waals surface area contributed by atoms with Crippen LogP contribution < -0.4 is 19.7 Å². The van der Waals surface area contributed by atoms with E-state index in [2.05, 4.69) is 0 Å². The van der Waals surface area contributed by atoms with Gasteiger partial charge in [0.05, 0.1) is 0 Å². The Morgan fingerprint density at radius 2 is 1.67 bits per heavy atom. The molecule has 1 aromatic rings. The minimum atomic E-state index is -4.29. The molecule has 0 aliphatic carbocycles. The third-order valence-electron chi connectivity index (χ3n) is 1.94. The second-order valence-corrected chi connectivity index (χ2v) is 8.29. The Balaban J connectivity index is 2.52. The second kappa shape index (κ2) is 4.56. The van der Waals surface area contributed by atoms with Gasteiger partial charge in [-0.1, -0.05) is 0 Å². The molecule has 0 saturated carbocycles. The molecule has 96 valence electrons. The van der Waals surface area contributed by atoms with E-state index in [-0.39, 0.29) is 5.56 Å². The molecule has 2 rings (SSSR count). The van der Waals surface area contributed by atoms with Crippen LogP contribution in [0.3, 0.4) is 0 Å². The fourth-order valence-electron chi connectivity index (χ4n) is 1.42. The van der Waals surface area contributed by atoms with Crippen LogP contribution in [0.25, 0.3) is 0 Å². The summed E-state index contributed by atoms with van der Waals surface area (Å²) in [5.41, 5.74) is 0.274. The first-order valence-corrected chi connectivity index (χ1v) is 8.68. The third-order valence-corrected chi connectivity index (χ3v) is 7.68. The molecule has 0 N–H and O–H groups in total. The van der Waals surface area contributed by atoms with Gasteiger partial charge in [-0.05, 0) is 0 Å². The van der Waals surface area contributed by atoms with Crippen LogP contribution >= 0.6 is 0 Å². The summed E-state index contributed by atoms with van der Waals surface area (Å²) < 4.78 is 15.6. The summed E-state index contributed by atoms with van der Waals surface area (Å²) in [5.74, 6) is -1.95. The quantitative estimate of drug-likeness (QED) is 0.568. The number of hydrogen-bond acceptors (Lipinski definition) is 6. The maximum atomic E-state index is 11.7. The number of halogens is 1. The van der Waals surface area contributed by atoms with Gasteiger partial charge in [-0.3, -0.25) is 0 Å². The summed E-state index contributed by atoms with van der Waals surface area (Å²) in [4.78, 5) is 34.0. The monoisotopic (exact) mass is 365 g/mol. The molecule has 0 fully saturated rings. The molecule has 7 heteroatoms.